The molecule has 2 aromatic carbocycles. The van der Waals surface area contributed by atoms with Gasteiger partial charge in [-0.3, -0.25) is 0 Å². The van der Waals surface area contributed by atoms with E-state index in [-0.39, 0.29) is 26.2 Å². The van der Waals surface area contributed by atoms with E-state index in [0.29, 0.717) is 22.5 Å². The van der Waals surface area contributed by atoms with Gasteiger partial charge in [0, 0.05) is 38.0 Å². The molecule has 0 saturated carbocycles. The van der Waals surface area contributed by atoms with Gasteiger partial charge in [-0.1, -0.05) is 12.1 Å². The Hall–Kier alpha value is -2.77. The van der Waals surface area contributed by atoms with Crippen molar-refractivity contribution in [1.82, 2.24) is 9.29 Å². The van der Waals surface area contributed by atoms with Crippen LogP contribution in [0.15, 0.2) is 34.5 Å². The monoisotopic (exact) mass is 533 g/mol. The second-order valence-electron chi connectivity index (χ2n) is 7.67. The summed E-state index contributed by atoms with van der Waals surface area (Å²) in [5.41, 5.74) is 1.84. The van der Waals surface area contributed by atoms with Crippen LogP contribution in [0.4, 0.5) is 27.1 Å². The summed E-state index contributed by atoms with van der Waals surface area (Å²) in [6.07, 6.45) is 0.581. The van der Waals surface area contributed by atoms with Crippen molar-refractivity contribution < 1.29 is 35.1 Å². The van der Waals surface area contributed by atoms with Gasteiger partial charge in [-0.15, -0.1) is 11.3 Å². The fourth-order valence-corrected chi connectivity index (χ4v) is 6.08. The van der Waals surface area contributed by atoms with E-state index in [1.807, 2.05) is 36.6 Å². The zero-order chi connectivity index (χ0) is 25.3. The number of aromatic nitrogens is 1. The van der Waals surface area contributed by atoms with Gasteiger partial charge in [0.2, 0.25) is 15.8 Å². The molecule has 0 radical (unpaired) electrons. The molecule has 13 heteroatoms. The summed E-state index contributed by atoms with van der Waals surface area (Å²) in [5, 5.41) is 2.52. The average molecular weight is 534 g/mol. The maximum atomic E-state index is 14.1. The molecule has 1 saturated heterocycles. The molecule has 4 rings (SSSR count). The highest BCUT2D eigenvalue weighted by molar-refractivity contribution is 7.89. The zero-order valence-electron chi connectivity index (χ0n) is 18.4. The Labute approximate surface area is 202 Å². The number of nitrogens with zero attached hydrogens (tertiary/aromatic N) is 3. The van der Waals surface area contributed by atoms with Crippen molar-refractivity contribution in [1.29, 1.82) is 0 Å². The molecule has 188 valence electrons. The lowest BCUT2D eigenvalue weighted by Crippen LogP contribution is -2.49. The lowest BCUT2D eigenvalue weighted by Gasteiger charge is -2.33. The van der Waals surface area contributed by atoms with Gasteiger partial charge < -0.3 is 9.64 Å². The number of thiazole rings is 1. The fourth-order valence-electron chi connectivity index (χ4n) is 3.66. The molecule has 1 aromatic heterocycles. The van der Waals surface area contributed by atoms with Crippen molar-refractivity contribution in [2.24, 2.45) is 0 Å². The predicted molar refractivity (Wildman–Crippen MR) is 120 cm³/mol. The van der Waals surface area contributed by atoms with Crippen LogP contribution in [-0.4, -0.2) is 50.5 Å². The summed E-state index contributed by atoms with van der Waals surface area (Å²) in [6, 6.07) is 7.62. The van der Waals surface area contributed by atoms with Crippen molar-refractivity contribution in [3.8, 4) is 5.75 Å². The molecule has 0 atom stereocenters. The molecule has 3 aromatic rings. The van der Waals surface area contributed by atoms with E-state index >= 15 is 0 Å². The van der Waals surface area contributed by atoms with Crippen molar-refractivity contribution in [2.45, 2.75) is 18.2 Å². The van der Waals surface area contributed by atoms with E-state index in [9.17, 15) is 30.4 Å². The van der Waals surface area contributed by atoms with Crippen molar-refractivity contribution in [3.05, 3.63) is 70.0 Å². The van der Waals surface area contributed by atoms with Crippen LogP contribution in [0, 0.1) is 29.1 Å². The molecule has 0 amide bonds. The smallest absolute Gasteiger partial charge is 0.249 e. The van der Waals surface area contributed by atoms with Crippen LogP contribution in [0.1, 0.15) is 18.2 Å². The summed E-state index contributed by atoms with van der Waals surface area (Å²) < 4.78 is 100. The van der Waals surface area contributed by atoms with Gasteiger partial charge >= 0.3 is 0 Å². The summed E-state index contributed by atoms with van der Waals surface area (Å²) >= 11 is 1.36. The van der Waals surface area contributed by atoms with E-state index in [0.717, 1.165) is 17.0 Å². The lowest BCUT2D eigenvalue weighted by atomic mass is 10.1. The Morgan fingerprint density at radius 1 is 0.914 bits per heavy atom. The van der Waals surface area contributed by atoms with Crippen molar-refractivity contribution >= 4 is 26.5 Å². The minimum Gasteiger partial charge on any atom is -0.494 e. The highest BCUT2D eigenvalue weighted by Crippen LogP contribution is 2.30. The number of halogens is 5. The number of piperazine rings is 1. The summed E-state index contributed by atoms with van der Waals surface area (Å²) in [6.45, 7) is 2.31. The van der Waals surface area contributed by atoms with Crippen molar-refractivity contribution in [3.63, 3.8) is 0 Å². The van der Waals surface area contributed by atoms with Crippen LogP contribution >= 0.6 is 11.3 Å². The first-order valence-electron chi connectivity index (χ1n) is 10.6. The Bertz CT molecular complexity index is 1300. The average Bonchev–Trinajstić information content (AvgIpc) is 3.31. The van der Waals surface area contributed by atoms with Gasteiger partial charge in [0.05, 0.1) is 12.3 Å². The molecule has 1 aliphatic rings. The molecular weight excluding hydrogens is 513 g/mol. The predicted octanol–water partition coefficient (Wildman–Crippen LogP) is 4.34. The minimum atomic E-state index is -4.95. The molecule has 1 aliphatic heterocycles. The Balaban J connectivity index is 1.44. The largest absolute Gasteiger partial charge is 0.494 e. The van der Waals surface area contributed by atoms with E-state index in [4.69, 9.17) is 4.74 Å². The SMILES string of the molecule is CCOc1ccc(Cc2csc(N3CCN(S(=O)(=O)c4c(F)c(F)c(F)c(F)c4F)CC3)n2)cc1. The number of sulfonamides is 1. The number of benzene rings is 2. The maximum Gasteiger partial charge on any atom is 0.249 e. The van der Waals surface area contributed by atoms with Crippen LogP contribution in [-0.2, 0) is 16.4 Å². The third kappa shape index (κ3) is 4.98. The molecular formula is C22H20F5N3O3S2. The van der Waals surface area contributed by atoms with Gasteiger partial charge in [-0.25, -0.2) is 35.4 Å². The quantitative estimate of drug-likeness (QED) is 0.257. The second-order valence-corrected chi connectivity index (χ2v) is 10.4. The molecule has 0 N–H and O–H groups in total. The first-order chi connectivity index (χ1) is 16.6. The van der Waals surface area contributed by atoms with Gasteiger partial charge in [-0.05, 0) is 24.6 Å². The van der Waals surface area contributed by atoms with Gasteiger partial charge in [0.15, 0.2) is 33.3 Å². The van der Waals surface area contributed by atoms with Crippen LogP contribution in [0.5, 0.6) is 5.75 Å². The van der Waals surface area contributed by atoms with Crippen molar-refractivity contribution in [2.75, 3.05) is 37.7 Å². The van der Waals surface area contributed by atoms with Gasteiger partial charge in [-0.2, -0.15) is 4.31 Å². The molecule has 0 unspecified atom stereocenters. The van der Waals surface area contributed by atoms with E-state index in [1.165, 1.54) is 11.3 Å². The highest BCUT2D eigenvalue weighted by Gasteiger charge is 2.38. The zero-order valence-corrected chi connectivity index (χ0v) is 20.0. The molecule has 6 nitrogen and oxygen atoms in total. The topological polar surface area (TPSA) is 62.7 Å². The normalized spacial score (nSPS) is 15.0. The summed E-state index contributed by atoms with van der Waals surface area (Å²) in [5.74, 6) is -11.0. The molecule has 2 heterocycles. The fraction of sp³-hybridized carbons (Fsp3) is 0.318. The number of anilines is 1. The summed E-state index contributed by atoms with van der Waals surface area (Å²) in [4.78, 5) is 4.54. The highest BCUT2D eigenvalue weighted by atomic mass is 32.2. The first-order valence-corrected chi connectivity index (χ1v) is 12.9. The molecule has 0 spiro atoms. The Morgan fingerprint density at radius 2 is 1.49 bits per heavy atom. The lowest BCUT2D eigenvalue weighted by molar-refractivity contribution is 0.340. The molecule has 0 aliphatic carbocycles. The number of hydrogen-bond acceptors (Lipinski definition) is 6. The Morgan fingerprint density at radius 3 is 2.06 bits per heavy atom. The van der Waals surface area contributed by atoms with Gasteiger partial charge in [0.1, 0.15) is 5.75 Å². The maximum absolute atomic E-state index is 14.1. The van der Waals surface area contributed by atoms with Crippen LogP contribution in [0.25, 0.3) is 0 Å². The van der Waals surface area contributed by atoms with Gasteiger partial charge in [0.25, 0.3) is 0 Å². The number of ether oxygens (including phenoxy) is 1. The molecule has 0 bridgehead atoms. The number of hydrogen-bond donors (Lipinski definition) is 0. The first kappa shape index (κ1) is 25.3. The van der Waals surface area contributed by atoms with Crippen LogP contribution in [0.2, 0.25) is 0 Å². The standard InChI is InChI=1S/C22H20F5N3O3S2/c1-2-33-15-5-3-13(4-6-15)11-14-12-34-22(28-14)29-7-9-30(10-8-29)35(31,32)21-19(26)17(24)16(23)18(25)20(21)27/h3-6,12H,2,7-11H2,1H3. The second kappa shape index (κ2) is 10.1. The van der Waals surface area contributed by atoms with E-state index in [2.05, 4.69) is 4.98 Å². The Kier molecular flexibility index (Phi) is 7.29. The molecule has 35 heavy (non-hydrogen) atoms. The summed E-state index contributed by atoms with van der Waals surface area (Å²) in [7, 11) is -4.95. The number of rotatable bonds is 7. The third-order valence-corrected chi connectivity index (χ3v) is 8.31. The van der Waals surface area contributed by atoms with E-state index < -0.39 is 44.0 Å². The van der Waals surface area contributed by atoms with Crippen LogP contribution < -0.4 is 9.64 Å². The molecule has 1 fully saturated rings. The van der Waals surface area contributed by atoms with Crippen LogP contribution in [0.3, 0.4) is 0 Å². The van der Waals surface area contributed by atoms with E-state index in [1.54, 1.807) is 4.90 Å². The minimum absolute atomic E-state index is 0.130. The third-order valence-electron chi connectivity index (χ3n) is 5.44.